The molecule has 4 heteroatoms. The number of nitrogens with two attached hydrogens (primary N) is 1. The van der Waals surface area contributed by atoms with Gasteiger partial charge in [-0.15, -0.1) is 11.8 Å². The molecule has 0 aromatic heterocycles. The quantitative estimate of drug-likeness (QED) is 0.652. The maximum Gasteiger partial charge on any atom is 0.107 e. The van der Waals surface area contributed by atoms with Crippen LogP contribution < -0.4 is 11.1 Å². The molecule has 19 heavy (non-hydrogen) atoms. The molecule has 104 valence electrons. The van der Waals surface area contributed by atoms with E-state index in [9.17, 15) is 0 Å². The van der Waals surface area contributed by atoms with Gasteiger partial charge in [-0.05, 0) is 43.1 Å². The molecule has 0 heterocycles. The first-order chi connectivity index (χ1) is 9.04. The minimum absolute atomic E-state index is 0.478. The Kier molecular flexibility index (Phi) is 4.74. The van der Waals surface area contributed by atoms with E-state index in [4.69, 9.17) is 18.0 Å². The third-order valence-corrected chi connectivity index (χ3v) is 5.28. The molecule has 0 amide bonds. The summed E-state index contributed by atoms with van der Waals surface area (Å²) in [5.41, 5.74) is 7.99. The molecule has 0 saturated heterocycles. The van der Waals surface area contributed by atoms with Crippen LogP contribution in [0.1, 0.15) is 32.3 Å². The van der Waals surface area contributed by atoms with E-state index >= 15 is 0 Å². The van der Waals surface area contributed by atoms with E-state index in [0.717, 1.165) is 22.1 Å². The number of hydrogen-bond acceptors (Lipinski definition) is 3. The van der Waals surface area contributed by atoms with Crippen molar-refractivity contribution in [3.05, 3.63) is 23.8 Å². The van der Waals surface area contributed by atoms with E-state index in [-0.39, 0.29) is 0 Å². The van der Waals surface area contributed by atoms with Gasteiger partial charge < -0.3 is 11.1 Å². The average Bonchev–Trinajstić information content (AvgIpc) is 2.70. The molecule has 3 unspecified atom stereocenters. The SMILES string of the molecule is CSc1cccc(NC2CCC(C)C2C)c1C(N)=S. The number of nitrogens with one attached hydrogen (secondary N) is 1. The Morgan fingerprint density at radius 3 is 2.63 bits per heavy atom. The second kappa shape index (κ2) is 6.14. The second-order valence-electron chi connectivity index (χ2n) is 5.41. The summed E-state index contributed by atoms with van der Waals surface area (Å²) in [5, 5.41) is 3.66. The van der Waals surface area contributed by atoms with Crippen LogP contribution in [-0.4, -0.2) is 17.3 Å². The van der Waals surface area contributed by atoms with E-state index in [1.165, 1.54) is 12.8 Å². The summed E-state index contributed by atoms with van der Waals surface area (Å²) in [7, 11) is 0. The first-order valence-corrected chi connectivity index (χ1v) is 8.41. The van der Waals surface area contributed by atoms with Crippen LogP contribution in [0.5, 0.6) is 0 Å². The Bertz CT molecular complexity index is 473. The van der Waals surface area contributed by atoms with Crippen LogP contribution in [-0.2, 0) is 0 Å². The lowest BCUT2D eigenvalue weighted by atomic mass is 9.97. The lowest BCUT2D eigenvalue weighted by molar-refractivity contribution is 0.435. The van der Waals surface area contributed by atoms with Gasteiger partial charge in [0.15, 0.2) is 0 Å². The van der Waals surface area contributed by atoms with Crippen LogP contribution in [0.4, 0.5) is 5.69 Å². The molecule has 1 aliphatic carbocycles. The lowest BCUT2D eigenvalue weighted by Crippen LogP contribution is -2.26. The van der Waals surface area contributed by atoms with Gasteiger partial charge in [0.05, 0.1) is 0 Å². The van der Waals surface area contributed by atoms with E-state index in [0.29, 0.717) is 16.9 Å². The maximum atomic E-state index is 5.91. The Labute approximate surface area is 125 Å². The predicted octanol–water partition coefficient (Wildman–Crippen LogP) is 3.89. The molecule has 1 saturated carbocycles. The van der Waals surface area contributed by atoms with Crippen molar-refractivity contribution in [2.24, 2.45) is 17.6 Å². The molecule has 2 nitrogen and oxygen atoms in total. The van der Waals surface area contributed by atoms with Crippen molar-refractivity contribution in [2.75, 3.05) is 11.6 Å². The highest BCUT2D eigenvalue weighted by molar-refractivity contribution is 7.98. The molecule has 1 aromatic rings. The molecule has 0 spiro atoms. The monoisotopic (exact) mass is 294 g/mol. The fourth-order valence-electron chi connectivity index (χ4n) is 2.84. The minimum Gasteiger partial charge on any atom is -0.389 e. The number of thiocarbonyl (C=S) groups is 1. The van der Waals surface area contributed by atoms with Crippen molar-refractivity contribution in [2.45, 2.75) is 37.6 Å². The molecular weight excluding hydrogens is 272 g/mol. The van der Waals surface area contributed by atoms with Crippen LogP contribution in [0.3, 0.4) is 0 Å². The van der Waals surface area contributed by atoms with Gasteiger partial charge in [0.2, 0.25) is 0 Å². The van der Waals surface area contributed by atoms with Crippen LogP contribution in [0.25, 0.3) is 0 Å². The summed E-state index contributed by atoms with van der Waals surface area (Å²) in [6.07, 6.45) is 4.58. The molecule has 0 radical (unpaired) electrons. The first-order valence-electron chi connectivity index (χ1n) is 6.78. The first kappa shape index (κ1) is 14.7. The molecule has 3 N–H and O–H groups in total. The number of hydrogen-bond donors (Lipinski definition) is 2. The summed E-state index contributed by atoms with van der Waals surface area (Å²) in [6.45, 7) is 4.66. The van der Waals surface area contributed by atoms with Crippen LogP contribution in [0.15, 0.2) is 23.1 Å². The normalized spacial score (nSPS) is 26.4. The van der Waals surface area contributed by atoms with Crippen molar-refractivity contribution < 1.29 is 0 Å². The largest absolute Gasteiger partial charge is 0.389 e. The van der Waals surface area contributed by atoms with Gasteiger partial charge in [-0.2, -0.15) is 0 Å². The molecular formula is C15H22N2S2. The van der Waals surface area contributed by atoms with Crippen molar-refractivity contribution >= 4 is 34.7 Å². The number of rotatable bonds is 4. The van der Waals surface area contributed by atoms with E-state index in [2.05, 4.69) is 43.6 Å². The van der Waals surface area contributed by atoms with Gasteiger partial charge >= 0.3 is 0 Å². The van der Waals surface area contributed by atoms with Gasteiger partial charge in [-0.3, -0.25) is 0 Å². The van der Waals surface area contributed by atoms with Crippen molar-refractivity contribution in [1.29, 1.82) is 0 Å². The van der Waals surface area contributed by atoms with Crippen LogP contribution >= 0.6 is 24.0 Å². The zero-order chi connectivity index (χ0) is 14.0. The third-order valence-electron chi connectivity index (χ3n) is 4.30. The second-order valence-corrected chi connectivity index (χ2v) is 6.70. The van der Waals surface area contributed by atoms with Gasteiger partial charge in [0.1, 0.15) is 4.99 Å². The van der Waals surface area contributed by atoms with Gasteiger partial charge in [-0.25, -0.2) is 0 Å². The van der Waals surface area contributed by atoms with Gasteiger partial charge in [0.25, 0.3) is 0 Å². The van der Waals surface area contributed by atoms with Crippen molar-refractivity contribution in [1.82, 2.24) is 0 Å². The molecule has 2 rings (SSSR count). The predicted molar refractivity (Wildman–Crippen MR) is 89.1 cm³/mol. The molecule has 0 bridgehead atoms. The van der Waals surface area contributed by atoms with E-state index < -0.39 is 0 Å². The van der Waals surface area contributed by atoms with Crippen LogP contribution in [0, 0.1) is 11.8 Å². The molecule has 1 aromatic carbocycles. The van der Waals surface area contributed by atoms with E-state index in [1.807, 2.05) is 0 Å². The molecule has 3 atom stereocenters. The zero-order valence-electron chi connectivity index (χ0n) is 11.8. The number of benzene rings is 1. The average molecular weight is 294 g/mol. The van der Waals surface area contributed by atoms with Crippen molar-refractivity contribution in [3.8, 4) is 0 Å². The summed E-state index contributed by atoms with van der Waals surface area (Å²) in [5.74, 6) is 1.48. The standard InChI is InChI=1S/C15H22N2S2/c1-9-7-8-11(10(9)2)17-12-5-4-6-13(19-3)14(12)15(16)18/h4-6,9-11,17H,7-8H2,1-3H3,(H2,16,18). The summed E-state index contributed by atoms with van der Waals surface area (Å²) in [6, 6.07) is 6.76. The highest BCUT2D eigenvalue weighted by Crippen LogP contribution is 2.35. The Balaban J connectivity index is 2.27. The highest BCUT2D eigenvalue weighted by Gasteiger charge is 2.30. The molecule has 1 fully saturated rings. The topological polar surface area (TPSA) is 38.0 Å². The van der Waals surface area contributed by atoms with Gasteiger partial charge in [0, 0.05) is 22.2 Å². The van der Waals surface area contributed by atoms with Crippen LogP contribution in [0.2, 0.25) is 0 Å². The fraction of sp³-hybridized carbons (Fsp3) is 0.533. The summed E-state index contributed by atoms with van der Waals surface area (Å²) >= 11 is 6.91. The Hall–Kier alpha value is -0.740. The smallest absolute Gasteiger partial charge is 0.107 e. The Morgan fingerprint density at radius 1 is 1.37 bits per heavy atom. The Morgan fingerprint density at radius 2 is 2.11 bits per heavy atom. The number of thioether (sulfide) groups is 1. The fourth-order valence-corrected chi connectivity index (χ4v) is 3.77. The minimum atomic E-state index is 0.478. The molecule has 0 aliphatic heterocycles. The number of anilines is 1. The zero-order valence-corrected chi connectivity index (χ0v) is 13.4. The van der Waals surface area contributed by atoms with E-state index in [1.54, 1.807) is 11.8 Å². The third kappa shape index (κ3) is 3.06. The summed E-state index contributed by atoms with van der Waals surface area (Å²) < 4.78 is 0. The lowest BCUT2D eigenvalue weighted by Gasteiger charge is -2.23. The van der Waals surface area contributed by atoms with Gasteiger partial charge in [-0.1, -0.05) is 32.1 Å². The molecule has 1 aliphatic rings. The van der Waals surface area contributed by atoms with Crippen molar-refractivity contribution in [3.63, 3.8) is 0 Å². The maximum absolute atomic E-state index is 5.91. The summed E-state index contributed by atoms with van der Waals surface area (Å²) in [4.78, 5) is 1.63. The highest BCUT2D eigenvalue weighted by atomic mass is 32.2.